The van der Waals surface area contributed by atoms with Crippen LogP contribution in [0.4, 0.5) is 10.6 Å². The van der Waals surface area contributed by atoms with Gasteiger partial charge in [-0.05, 0) is 64.3 Å². The Morgan fingerprint density at radius 2 is 1.82 bits per heavy atom. The molecule has 34 heavy (non-hydrogen) atoms. The number of carbonyl (C=O) groups is 2. The van der Waals surface area contributed by atoms with Gasteiger partial charge in [0.15, 0.2) is 0 Å². The molecule has 1 aromatic heterocycles. The van der Waals surface area contributed by atoms with Gasteiger partial charge in [0.2, 0.25) is 0 Å². The molecule has 0 bridgehead atoms. The standard InChI is InChI=1S/C24H30N4O5S/c1-16(2)28-22(29)20(21(34(28,32)33)18-9-7-6-8-10-18)26-14-12-17-11-13-25-19(15-17)27(23(30)31)24(3,4)5/h6-11,13,15-16,26H,12,14H2,1-5H3,(H,30,31). The smallest absolute Gasteiger partial charge is 0.413 e. The molecule has 3 rings (SSSR count). The number of benzene rings is 1. The molecule has 0 atom stereocenters. The highest BCUT2D eigenvalue weighted by atomic mass is 32.2. The average Bonchev–Trinajstić information content (AvgIpc) is 2.92. The Morgan fingerprint density at radius 1 is 1.18 bits per heavy atom. The first-order valence-corrected chi connectivity index (χ1v) is 12.4. The fraction of sp³-hybridized carbons (Fsp3) is 0.375. The maximum absolute atomic E-state index is 13.2. The summed E-state index contributed by atoms with van der Waals surface area (Å²) in [6.45, 7) is 8.92. The van der Waals surface area contributed by atoms with Crippen LogP contribution in [0.25, 0.3) is 4.91 Å². The van der Waals surface area contributed by atoms with Crippen LogP contribution in [-0.2, 0) is 21.2 Å². The minimum atomic E-state index is -4.00. The van der Waals surface area contributed by atoms with Gasteiger partial charge in [-0.3, -0.25) is 9.69 Å². The number of aromatic nitrogens is 1. The van der Waals surface area contributed by atoms with Gasteiger partial charge < -0.3 is 10.4 Å². The zero-order valence-electron chi connectivity index (χ0n) is 19.9. The van der Waals surface area contributed by atoms with E-state index in [9.17, 15) is 23.1 Å². The molecule has 10 heteroatoms. The zero-order valence-corrected chi connectivity index (χ0v) is 20.8. The van der Waals surface area contributed by atoms with Crippen LogP contribution in [0.3, 0.4) is 0 Å². The Kier molecular flexibility index (Phi) is 7.02. The van der Waals surface area contributed by atoms with Gasteiger partial charge in [0.1, 0.15) is 16.4 Å². The lowest BCUT2D eigenvalue weighted by molar-refractivity contribution is -0.123. The van der Waals surface area contributed by atoms with E-state index < -0.39 is 33.6 Å². The van der Waals surface area contributed by atoms with Crippen LogP contribution in [0.5, 0.6) is 0 Å². The summed E-state index contributed by atoms with van der Waals surface area (Å²) < 4.78 is 27.3. The minimum Gasteiger partial charge on any atom is -0.465 e. The van der Waals surface area contributed by atoms with E-state index in [1.165, 1.54) is 11.1 Å². The van der Waals surface area contributed by atoms with Gasteiger partial charge in [-0.2, -0.15) is 0 Å². The molecule has 2 N–H and O–H groups in total. The van der Waals surface area contributed by atoms with Gasteiger partial charge in [0, 0.05) is 24.3 Å². The number of hydrogen-bond donors (Lipinski definition) is 2. The highest BCUT2D eigenvalue weighted by molar-refractivity contribution is 7.99. The fourth-order valence-corrected chi connectivity index (χ4v) is 5.81. The summed E-state index contributed by atoms with van der Waals surface area (Å²) in [4.78, 5) is 30.2. The van der Waals surface area contributed by atoms with Crippen molar-refractivity contribution in [3.63, 3.8) is 0 Å². The molecule has 0 unspecified atom stereocenters. The second-order valence-electron chi connectivity index (χ2n) is 9.26. The molecule has 0 spiro atoms. The van der Waals surface area contributed by atoms with Gasteiger partial charge in [0.05, 0.1) is 0 Å². The van der Waals surface area contributed by atoms with E-state index in [1.807, 2.05) is 0 Å². The van der Waals surface area contributed by atoms with Crippen LogP contribution in [0.2, 0.25) is 0 Å². The van der Waals surface area contributed by atoms with Crippen molar-refractivity contribution in [3.05, 3.63) is 65.5 Å². The van der Waals surface area contributed by atoms with Crippen LogP contribution < -0.4 is 10.2 Å². The van der Waals surface area contributed by atoms with Crippen LogP contribution in [0, 0.1) is 0 Å². The molecule has 0 aliphatic carbocycles. The number of nitrogens with one attached hydrogen (secondary N) is 1. The number of nitrogens with zero attached hydrogens (tertiary/aromatic N) is 3. The predicted octanol–water partition coefficient (Wildman–Crippen LogP) is 3.45. The van der Waals surface area contributed by atoms with E-state index in [0.29, 0.717) is 17.8 Å². The molecule has 0 radical (unpaired) electrons. The number of anilines is 1. The van der Waals surface area contributed by atoms with Crippen molar-refractivity contribution in [1.82, 2.24) is 14.6 Å². The molecular formula is C24H30N4O5S. The van der Waals surface area contributed by atoms with Gasteiger partial charge in [-0.1, -0.05) is 30.3 Å². The third-order valence-corrected chi connectivity index (χ3v) is 7.34. The van der Waals surface area contributed by atoms with Crippen molar-refractivity contribution in [2.75, 3.05) is 11.4 Å². The normalized spacial score (nSPS) is 15.7. The maximum atomic E-state index is 13.2. The molecule has 2 heterocycles. The molecule has 1 aromatic carbocycles. The lowest BCUT2D eigenvalue weighted by atomic mass is 10.1. The average molecular weight is 487 g/mol. The van der Waals surface area contributed by atoms with Crippen LogP contribution in [0.1, 0.15) is 45.7 Å². The molecule has 2 amide bonds. The highest BCUT2D eigenvalue weighted by Crippen LogP contribution is 2.35. The monoisotopic (exact) mass is 486 g/mol. The summed E-state index contributed by atoms with van der Waals surface area (Å²) in [6, 6.07) is 11.5. The Bertz CT molecular complexity index is 1220. The largest absolute Gasteiger partial charge is 0.465 e. The number of rotatable bonds is 7. The van der Waals surface area contributed by atoms with Crippen LogP contribution in [-0.4, -0.2) is 52.9 Å². The van der Waals surface area contributed by atoms with Gasteiger partial charge in [-0.25, -0.2) is 22.5 Å². The van der Waals surface area contributed by atoms with Crippen molar-refractivity contribution < 1.29 is 23.1 Å². The lowest BCUT2D eigenvalue weighted by Gasteiger charge is -2.32. The van der Waals surface area contributed by atoms with Crippen LogP contribution >= 0.6 is 0 Å². The third kappa shape index (κ3) is 4.91. The molecule has 1 aliphatic heterocycles. The summed E-state index contributed by atoms with van der Waals surface area (Å²) in [5, 5.41) is 12.7. The van der Waals surface area contributed by atoms with E-state index in [2.05, 4.69) is 10.3 Å². The van der Waals surface area contributed by atoms with E-state index in [0.717, 1.165) is 9.87 Å². The van der Waals surface area contributed by atoms with Crippen molar-refractivity contribution in [2.24, 2.45) is 0 Å². The van der Waals surface area contributed by atoms with Crippen molar-refractivity contribution in [1.29, 1.82) is 0 Å². The number of carboxylic acid groups (broad SMARTS) is 1. The van der Waals surface area contributed by atoms with Crippen molar-refractivity contribution >= 4 is 32.7 Å². The first-order chi connectivity index (χ1) is 15.9. The van der Waals surface area contributed by atoms with E-state index in [-0.39, 0.29) is 17.1 Å². The summed E-state index contributed by atoms with van der Waals surface area (Å²) in [6.07, 6.45) is 0.851. The number of pyridine rings is 1. The van der Waals surface area contributed by atoms with Gasteiger partial charge in [-0.15, -0.1) is 0 Å². The fourth-order valence-electron chi connectivity index (χ4n) is 3.89. The second-order valence-corrected chi connectivity index (χ2v) is 11.0. The van der Waals surface area contributed by atoms with E-state index in [1.54, 1.807) is 77.1 Å². The molecule has 9 nitrogen and oxygen atoms in total. The van der Waals surface area contributed by atoms with Gasteiger partial charge >= 0.3 is 6.09 Å². The summed E-state index contributed by atoms with van der Waals surface area (Å²) in [5.74, 6) is -0.291. The number of amides is 2. The molecule has 2 aromatic rings. The maximum Gasteiger partial charge on any atom is 0.413 e. The Hall–Kier alpha value is -3.40. The minimum absolute atomic E-state index is 0.0352. The Balaban J connectivity index is 1.88. The molecule has 182 valence electrons. The number of sulfonamides is 1. The van der Waals surface area contributed by atoms with Crippen molar-refractivity contribution in [2.45, 2.75) is 52.6 Å². The summed E-state index contributed by atoms with van der Waals surface area (Å²) >= 11 is 0. The lowest BCUT2D eigenvalue weighted by Crippen LogP contribution is -2.45. The molecule has 0 saturated heterocycles. The first-order valence-electron chi connectivity index (χ1n) is 11.0. The van der Waals surface area contributed by atoms with E-state index in [4.69, 9.17) is 0 Å². The van der Waals surface area contributed by atoms with E-state index >= 15 is 0 Å². The SMILES string of the molecule is CC(C)N1C(=O)C(NCCc2ccnc(N(C(=O)O)C(C)(C)C)c2)=C(c2ccccc2)S1(=O)=O. The summed E-state index contributed by atoms with van der Waals surface area (Å²) in [5.41, 5.74) is 0.589. The second kappa shape index (κ2) is 9.46. The van der Waals surface area contributed by atoms with Crippen LogP contribution in [0.15, 0.2) is 54.4 Å². The third-order valence-electron chi connectivity index (χ3n) is 5.28. The number of carbonyl (C=O) groups excluding carboxylic acids is 1. The Morgan fingerprint density at radius 3 is 2.38 bits per heavy atom. The molecule has 0 saturated carbocycles. The van der Waals surface area contributed by atoms with Crippen molar-refractivity contribution in [3.8, 4) is 0 Å². The number of hydrogen-bond acceptors (Lipinski definition) is 6. The molecule has 0 fully saturated rings. The molecule has 1 aliphatic rings. The topological polar surface area (TPSA) is 120 Å². The zero-order chi connectivity index (χ0) is 25.3. The Labute approximate surface area is 200 Å². The first kappa shape index (κ1) is 25.2. The summed E-state index contributed by atoms with van der Waals surface area (Å²) in [7, 11) is -4.00. The van der Waals surface area contributed by atoms with Gasteiger partial charge in [0.25, 0.3) is 15.9 Å². The highest BCUT2D eigenvalue weighted by Gasteiger charge is 2.45. The predicted molar refractivity (Wildman–Crippen MR) is 130 cm³/mol. The quantitative estimate of drug-likeness (QED) is 0.615. The molecular weight excluding hydrogens is 456 g/mol.